The van der Waals surface area contributed by atoms with Gasteiger partial charge in [0.05, 0.1) is 12.5 Å². The van der Waals surface area contributed by atoms with Crippen LogP contribution in [-0.2, 0) is 11.3 Å². The standard InChI is InChI=1S/C33H48N2O3S/c1-3-4-5-6-7-8-9-10-11-12-13-14-22-37-31-18-20-32(21-19-31)38-26-33(36)34-30-17-15-16-29(23-30)25-35-24-28(2)39-27-35/h15-21,23-24H,3-14,22,25-27H2,1-2H3,(H,34,36). The summed E-state index contributed by atoms with van der Waals surface area (Å²) >= 11 is 1.85. The molecule has 2 aromatic rings. The predicted molar refractivity (Wildman–Crippen MR) is 165 cm³/mol. The van der Waals surface area contributed by atoms with Crippen LogP contribution in [0.2, 0.25) is 0 Å². The van der Waals surface area contributed by atoms with Crippen LogP contribution < -0.4 is 14.8 Å². The predicted octanol–water partition coefficient (Wildman–Crippen LogP) is 9.15. The molecule has 6 heteroatoms. The van der Waals surface area contributed by atoms with Crippen molar-refractivity contribution < 1.29 is 14.3 Å². The van der Waals surface area contributed by atoms with E-state index in [2.05, 4.69) is 36.3 Å². The molecular weight excluding hydrogens is 504 g/mol. The molecule has 0 bridgehead atoms. The van der Waals surface area contributed by atoms with Crippen molar-refractivity contribution >= 4 is 23.4 Å². The first kappa shape index (κ1) is 30.9. The Morgan fingerprint density at radius 2 is 1.46 bits per heavy atom. The third-order valence-corrected chi connectivity index (χ3v) is 7.90. The maximum absolute atomic E-state index is 12.4. The molecule has 0 saturated carbocycles. The number of benzene rings is 2. The van der Waals surface area contributed by atoms with Crippen molar-refractivity contribution in [3.8, 4) is 11.5 Å². The number of amides is 1. The highest BCUT2D eigenvalue weighted by molar-refractivity contribution is 8.03. The van der Waals surface area contributed by atoms with Crippen LogP contribution in [0.4, 0.5) is 5.69 Å². The van der Waals surface area contributed by atoms with Crippen LogP contribution in [0, 0.1) is 0 Å². The lowest BCUT2D eigenvalue weighted by Gasteiger charge is -2.15. The van der Waals surface area contributed by atoms with Crippen molar-refractivity contribution in [1.29, 1.82) is 0 Å². The average Bonchev–Trinajstić information content (AvgIpc) is 3.35. The van der Waals surface area contributed by atoms with Crippen molar-refractivity contribution in [2.75, 3.05) is 24.4 Å². The van der Waals surface area contributed by atoms with Gasteiger partial charge in [-0.15, -0.1) is 11.8 Å². The number of ether oxygens (including phenoxy) is 2. The van der Waals surface area contributed by atoms with Crippen LogP contribution in [0.1, 0.15) is 96.5 Å². The van der Waals surface area contributed by atoms with E-state index < -0.39 is 0 Å². The Balaban J connectivity index is 1.22. The number of carbonyl (C=O) groups excluding carboxylic acids is 1. The minimum atomic E-state index is -0.174. The molecule has 0 radical (unpaired) electrons. The van der Waals surface area contributed by atoms with E-state index in [9.17, 15) is 4.79 Å². The Hall–Kier alpha value is -2.60. The molecule has 1 aliphatic heterocycles. The van der Waals surface area contributed by atoms with Gasteiger partial charge in [0, 0.05) is 18.4 Å². The van der Waals surface area contributed by atoms with Crippen LogP contribution in [0.5, 0.6) is 11.5 Å². The number of unbranched alkanes of at least 4 members (excludes halogenated alkanes) is 11. The van der Waals surface area contributed by atoms with Crippen LogP contribution in [0.3, 0.4) is 0 Å². The molecule has 1 heterocycles. The summed E-state index contributed by atoms with van der Waals surface area (Å²) in [7, 11) is 0. The van der Waals surface area contributed by atoms with Crippen LogP contribution >= 0.6 is 11.8 Å². The molecule has 0 atom stereocenters. The minimum Gasteiger partial charge on any atom is -0.494 e. The summed E-state index contributed by atoms with van der Waals surface area (Å²) in [6.07, 6.45) is 18.3. The molecule has 0 aliphatic carbocycles. The number of hydrogen-bond donors (Lipinski definition) is 1. The summed E-state index contributed by atoms with van der Waals surface area (Å²) in [6.45, 7) is 5.94. The van der Waals surface area contributed by atoms with Gasteiger partial charge in [0.2, 0.25) is 0 Å². The number of carbonyl (C=O) groups is 1. The van der Waals surface area contributed by atoms with Gasteiger partial charge in [0.15, 0.2) is 6.61 Å². The Morgan fingerprint density at radius 1 is 0.846 bits per heavy atom. The number of anilines is 1. The summed E-state index contributed by atoms with van der Waals surface area (Å²) in [5.74, 6) is 2.30. The van der Waals surface area contributed by atoms with E-state index in [0.29, 0.717) is 5.75 Å². The quantitative estimate of drug-likeness (QED) is 0.166. The first-order valence-corrected chi connectivity index (χ1v) is 15.9. The molecule has 1 N–H and O–H groups in total. The fraction of sp³-hybridized carbons (Fsp3) is 0.545. The van der Waals surface area contributed by atoms with Crippen LogP contribution in [-0.4, -0.2) is 29.9 Å². The molecule has 0 spiro atoms. The Morgan fingerprint density at radius 3 is 2.08 bits per heavy atom. The number of nitrogens with zero attached hydrogens (tertiary/aromatic N) is 1. The molecule has 0 aromatic heterocycles. The summed E-state index contributed by atoms with van der Waals surface area (Å²) in [5.41, 5.74) is 1.95. The summed E-state index contributed by atoms with van der Waals surface area (Å²) < 4.78 is 11.6. The first-order valence-electron chi connectivity index (χ1n) is 14.9. The second kappa shape index (κ2) is 18.6. The van der Waals surface area contributed by atoms with E-state index in [-0.39, 0.29) is 12.5 Å². The van der Waals surface area contributed by atoms with Gasteiger partial charge >= 0.3 is 0 Å². The van der Waals surface area contributed by atoms with Crippen molar-refractivity contribution in [2.45, 2.75) is 97.4 Å². The molecule has 5 nitrogen and oxygen atoms in total. The molecule has 3 rings (SSSR count). The lowest BCUT2D eigenvalue weighted by molar-refractivity contribution is -0.118. The number of rotatable bonds is 20. The van der Waals surface area contributed by atoms with E-state index >= 15 is 0 Å². The van der Waals surface area contributed by atoms with Gasteiger partial charge < -0.3 is 19.7 Å². The second-order valence-corrected chi connectivity index (χ2v) is 11.7. The topological polar surface area (TPSA) is 50.8 Å². The maximum Gasteiger partial charge on any atom is 0.262 e. The summed E-state index contributed by atoms with van der Waals surface area (Å²) in [4.78, 5) is 16.0. The molecule has 0 fully saturated rings. The highest BCUT2D eigenvalue weighted by Crippen LogP contribution is 2.26. The average molecular weight is 553 g/mol. The third kappa shape index (κ3) is 13.3. The molecule has 1 amide bonds. The number of allylic oxidation sites excluding steroid dienone is 1. The highest BCUT2D eigenvalue weighted by Gasteiger charge is 2.11. The van der Waals surface area contributed by atoms with Gasteiger partial charge in [0.1, 0.15) is 11.5 Å². The SMILES string of the molecule is CCCCCCCCCCCCCCOc1ccc(OCC(=O)Nc2cccc(CN3C=C(C)SC3)c2)cc1. The Labute approximate surface area is 240 Å². The monoisotopic (exact) mass is 552 g/mol. The van der Waals surface area contributed by atoms with Gasteiger partial charge in [-0.05, 0) is 60.2 Å². The van der Waals surface area contributed by atoms with Crippen molar-refractivity contribution in [3.63, 3.8) is 0 Å². The minimum absolute atomic E-state index is 0.0337. The zero-order chi connectivity index (χ0) is 27.5. The molecule has 1 aliphatic rings. The van der Waals surface area contributed by atoms with Gasteiger partial charge in [0.25, 0.3) is 5.91 Å². The Bertz CT molecular complexity index is 993. The fourth-order valence-electron chi connectivity index (χ4n) is 4.70. The lowest BCUT2D eigenvalue weighted by atomic mass is 10.1. The third-order valence-electron chi connectivity index (χ3n) is 6.88. The lowest BCUT2D eigenvalue weighted by Crippen LogP contribution is -2.20. The number of hydrogen-bond acceptors (Lipinski definition) is 5. The van der Waals surface area contributed by atoms with E-state index in [1.165, 1.54) is 81.1 Å². The second-order valence-electron chi connectivity index (χ2n) is 10.5. The van der Waals surface area contributed by atoms with Crippen LogP contribution in [0.15, 0.2) is 59.6 Å². The largest absolute Gasteiger partial charge is 0.494 e. The summed E-state index contributed by atoms with van der Waals surface area (Å²) in [5, 5.41) is 2.94. The smallest absolute Gasteiger partial charge is 0.262 e. The van der Waals surface area contributed by atoms with Crippen molar-refractivity contribution in [1.82, 2.24) is 4.90 Å². The van der Waals surface area contributed by atoms with E-state index in [0.717, 1.165) is 36.9 Å². The van der Waals surface area contributed by atoms with Gasteiger partial charge in [-0.1, -0.05) is 89.7 Å². The van der Waals surface area contributed by atoms with E-state index in [4.69, 9.17) is 9.47 Å². The van der Waals surface area contributed by atoms with E-state index in [1.54, 1.807) is 0 Å². The molecular formula is C33H48N2O3S. The van der Waals surface area contributed by atoms with Gasteiger partial charge in [-0.25, -0.2) is 0 Å². The highest BCUT2D eigenvalue weighted by atomic mass is 32.2. The van der Waals surface area contributed by atoms with Crippen LogP contribution in [0.25, 0.3) is 0 Å². The summed E-state index contributed by atoms with van der Waals surface area (Å²) in [6, 6.07) is 15.5. The van der Waals surface area contributed by atoms with E-state index in [1.807, 2.05) is 54.2 Å². The molecule has 214 valence electrons. The fourth-order valence-corrected chi connectivity index (χ4v) is 5.46. The molecule has 39 heavy (non-hydrogen) atoms. The molecule has 0 unspecified atom stereocenters. The van der Waals surface area contributed by atoms with Gasteiger partial charge in [-0.2, -0.15) is 0 Å². The molecule has 2 aromatic carbocycles. The zero-order valence-electron chi connectivity index (χ0n) is 24.1. The molecule has 0 saturated heterocycles. The normalized spacial score (nSPS) is 12.9. The van der Waals surface area contributed by atoms with Crippen molar-refractivity contribution in [2.24, 2.45) is 0 Å². The zero-order valence-corrected chi connectivity index (χ0v) is 24.9. The van der Waals surface area contributed by atoms with Gasteiger partial charge in [-0.3, -0.25) is 4.79 Å². The Kier molecular flexibility index (Phi) is 14.8. The van der Waals surface area contributed by atoms with Crippen molar-refractivity contribution in [3.05, 3.63) is 65.2 Å². The number of nitrogens with one attached hydrogen (secondary N) is 1. The number of thioether (sulfide) groups is 1. The first-order chi connectivity index (χ1) is 19.1. The maximum atomic E-state index is 12.4.